The van der Waals surface area contributed by atoms with Gasteiger partial charge in [0.05, 0.1) is 37.1 Å². The summed E-state index contributed by atoms with van der Waals surface area (Å²) >= 11 is 3.77. The number of rotatable bonds is 19. The normalized spacial score (nSPS) is 24.3. The Labute approximate surface area is 343 Å². The van der Waals surface area contributed by atoms with E-state index < -0.39 is 66.1 Å². The van der Waals surface area contributed by atoms with E-state index in [1.165, 1.54) is 4.90 Å². The zero-order chi connectivity index (χ0) is 40.7. The molecule has 3 aliphatic heterocycles. The molecule has 12 heteroatoms. The first-order valence-corrected chi connectivity index (χ1v) is 20.7. The molecule has 3 fully saturated rings. The summed E-state index contributed by atoms with van der Waals surface area (Å²) in [6, 6.07) is 24.3. The fourth-order valence-electron chi connectivity index (χ4n) is 8.82. The van der Waals surface area contributed by atoms with Crippen molar-refractivity contribution >= 4 is 51.0 Å². The lowest BCUT2D eigenvalue weighted by Crippen LogP contribution is -2.59. The average Bonchev–Trinajstić information content (AvgIpc) is 3.84. The standard InChI is InChI=1S/C45H53BrN4O7/c1-5-9-20-37(52)47-28-36(31-18-14-11-15-19-31)56-44(55)38-39-42(53)50(34(29-51)26-30-16-12-10-13-17-30)41(45(39)27-35(46)40(38)57-45)43(54)49(25-6-2)33-23-21-32(22-24-33)48(7-3)8-4/h5-6,10-19,21-24,34-36,38-41,51H,1-2,7-9,20,25-29H2,3-4H3,(H,47,52)/t34-,35?,36-,38-,39+,40-,41-,45+/m1/s1. The number of hydrogen-bond acceptors (Lipinski definition) is 8. The Morgan fingerprint density at radius 1 is 1.00 bits per heavy atom. The van der Waals surface area contributed by atoms with Crippen LogP contribution in [0.2, 0.25) is 0 Å². The summed E-state index contributed by atoms with van der Waals surface area (Å²) in [7, 11) is 0. The van der Waals surface area contributed by atoms with Gasteiger partial charge in [-0.05, 0) is 68.5 Å². The quantitative estimate of drug-likeness (QED) is 0.0886. The summed E-state index contributed by atoms with van der Waals surface area (Å²) in [6.45, 7) is 13.2. The fourth-order valence-corrected chi connectivity index (χ4v) is 9.76. The van der Waals surface area contributed by atoms with Crippen LogP contribution in [-0.4, -0.2) is 95.1 Å². The van der Waals surface area contributed by atoms with Crippen molar-refractivity contribution in [2.45, 2.75) is 74.3 Å². The van der Waals surface area contributed by atoms with Crippen molar-refractivity contribution in [3.05, 3.63) is 121 Å². The summed E-state index contributed by atoms with van der Waals surface area (Å²) in [6.07, 6.45) is 2.97. The maximum absolute atomic E-state index is 15.3. The second-order valence-electron chi connectivity index (χ2n) is 14.8. The van der Waals surface area contributed by atoms with Crippen LogP contribution in [0.3, 0.4) is 0 Å². The van der Waals surface area contributed by atoms with Crippen LogP contribution in [0.1, 0.15) is 50.3 Å². The Hall–Kier alpha value is -4.78. The van der Waals surface area contributed by atoms with Gasteiger partial charge in [0.25, 0.3) is 5.91 Å². The van der Waals surface area contributed by atoms with Crippen LogP contribution in [0.4, 0.5) is 11.4 Å². The maximum Gasteiger partial charge on any atom is 0.313 e. The number of carbonyl (C=O) groups is 4. The zero-order valence-corrected chi connectivity index (χ0v) is 34.3. The molecule has 3 aromatic carbocycles. The first-order chi connectivity index (χ1) is 27.6. The summed E-state index contributed by atoms with van der Waals surface area (Å²) in [4.78, 5) is 62.6. The predicted molar refractivity (Wildman–Crippen MR) is 224 cm³/mol. The molecule has 0 aliphatic carbocycles. The van der Waals surface area contributed by atoms with Gasteiger partial charge in [0.2, 0.25) is 11.8 Å². The highest BCUT2D eigenvalue weighted by atomic mass is 79.9. The molecule has 11 nitrogen and oxygen atoms in total. The van der Waals surface area contributed by atoms with Gasteiger partial charge in [-0.3, -0.25) is 19.2 Å². The smallest absolute Gasteiger partial charge is 0.313 e. The first-order valence-electron chi connectivity index (χ1n) is 19.8. The Morgan fingerprint density at radius 3 is 2.26 bits per heavy atom. The van der Waals surface area contributed by atoms with E-state index in [0.29, 0.717) is 17.7 Å². The van der Waals surface area contributed by atoms with Crippen LogP contribution < -0.4 is 15.1 Å². The topological polar surface area (TPSA) is 129 Å². The number of allylic oxidation sites excluding steroid dienone is 1. The van der Waals surface area contributed by atoms with E-state index in [9.17, 15) is 14.7 Å². The molecular weight excluding hydrogens is 788 g/mol. The summed E-state index contributed by atoms with van der Waals surface area (Å²) < 4.78 is 13.1. The van der Waals surface area contributed by atoms with Crippen molar-refractivity contribution in [2.24, 2.45) is 11.8 Å². The second kappa shape index (κ2) is 18.7. The molecule has 0 aromatic heterocycles. The molecule has 2 N–H and O–H groups in total. The van der Waals surface area contributed by atoms with Gasteiger partial charge < -0.3 is 34.6 Å². The molecule has 0 radical (unpaired) electrons. The number of hydrogen-bond donors (Lipinski definition) is 2. The van der Waals surface area contributed by atoms with Crippen LogP contribution in [0.15, 0.2) is 110 Å². The lowest BCUT2D eigenvalue weighted by Gasteiger charge is -2.39. The van der Waals surface area contributed by atoms with Crippen molar-refractivity contribution in [3.63, 3.8) is 0 Å². The predicted octanol–water partition coefficient (Wildman–Crippen LogP) is 5.77. The fraction of sp³-hybridized carbons (Fsp3) is 0.422. The summed E-state index contributed by atoms with van der Waals surface area (Å²) in [5, 5.41) is 13.9. The highest BCUT2D eigenvalue weighted by molar-refractivity contribution is 9.09. The molecule has 1 spiro atoms. The minimum absolute atomic E-state index is 0.0198. The van der Waals surface area contributed by atoms with Crippen LogP contribution >= 0.6 is 15.9 Å². The van der Waals surface area contributed by atoms with E-state index in [1.54, 1.807) is 17.1 Å². The third-order valence-electron chi connectivity index (χ3n) is 11.5. The lowest BCUT2D eigenvalue weighted by atomic mass is 9.70. The van der Waals surface area contributed by atoms with E-state index in [1.807, 2.05) is 84.9 Å². The van der Waals surface area contributed by atoms with Gasteiger partial charge in [-0.2, -0.15) is 0 Å². The Bertz CT molecular complexity index is 1890. The number of esters is 1. The van der Waals surface area contributed by atoms with Crippen LogP contribution in [0, 0.1) is 11.8 Å². The maximum atomic E-state index is 15.3. The Kier molecular flexibility index (Phi) is 13.7. The van der Waals surface area contributed by atoms with Crippen LogP contribution in [0.25, 0.3) is 0 Å². The zero-order valence-electron chi connectivity index (χ0n) is 32.7. The van der Waals surface area contributed by atoms with E-state index in [-0.39, 0.29) is 43.1 Å². The number of nitrogens with zero attached hydrogens (tertiary/aromatic N) is 3. The number of nitrogens with one attached hydrogen (secondary N) is 1. The van der Waals surface area contributed by atoms with Crippen LogP contribution in [0.5, 0.6) is 0 Å². The molecule has 302 valence electrons. The number of halogens is 1. The van der Waals surface area contributed by atoms with Gasteiger partial charge in [-0.15, -0.1) is 13.2 Å². The molecule has 3 aliphatic rings. The van der Waals surface area contributed by atoms with Crippen LogP contribution in [-0.2, 0) is 35.1 Å². The monoisotopic (exact) mass is 840 g/mol. The van der Waals surface area contributed by atoms with Gasteiger partial charge >= 0.3 is 5.97 Å². The molecule has 3 saturated heterocycles. The Balaban J connectivity index is 1.38. The van der Waals surface area contributed by atoms with Crippen molar-refractivity contribution in [2.75, 3.05) is 42.6 Å². The molecule has 8 atom stereocenters. The van der Waals surface area contributed by atoms with Gasteiger partial charge in [0, 0.05) is 42.3 Å². The minimum atomic E-state index is -1.41. The highest BCUT2D eigenvalue weighted by Gasteiger charge is 2.77. The molecule has 3 heterocycles. The molecule has 0 saturated carbocycles. The van der Waals surface area contributed by atoms with Crippen molar-refractivity contribution in [1.29, 1.82) is 0 Å². The molecular formula is C45H53BrN4O7. The number of fused-ring (bicyclic) bond motifs is 1. The highest BCUT2D eigenvalue weighted by Crippen LogP contribution is 2.61. The summed E-state index contributed by atoms with van der Waals surface area (Å²) in [5.74, 6) is -3.86. The molecule has 3 aromatic rings. The number of aliphatic hydroxyl groups excluding tert-OH is 1. The van der Waals surface area contributed by atoms with E-state index in [0.717, 1.165) is 24.3 Å². The third-order valence-corrected chi connectivity index (χ3v) is 12.4. The first kappa shape index (κ1) is 41.8. The summed E-state index contributed by atoms with van der Waals surface area (Å²) in [5.41, 5.74) is 1.77. The molecule has 1 unspecified atom stereocenters. The van der Waals surface area contributed by atoms with Crippen molar-refractivity contribution in [1.82, 2.24) is 10.2 Å². The number of likely N-dealkylation sites (tertiary alicyclic amines) is 1. The van der Waals surface area contributed by atoms with Gasteiger partial charge in [0.15, 0.2) is 0 Å². The van der Waals surface area contributed by atoms with E-state index in [2.05, 4.69) is 53.2 Å². The minimum Gasteiger partial charge on any atom is -0.455 e. The largest absolute Gasteiger partial charge is 0.455 e. The third kappa shape index (κ3) is 8.44. The van der Waals surface area contributed by atoms with Gasteiger partial charge in [0.1, 0.15) is 17.7 Å². The average molecular weight is 842 g/mol. The molecule has 57 heavy (non-hydrogen) atoms. The number of ether oxygens (including phenoxy) is 2. The molecule has 3 amide bonds. The number of amides is 3. The second-order valence-corrected chi connectivity index (χ2v) is 16.0. The lowest BCUT2D eigenvalue weighted by molar-refractivity contribution is -0.160. The SMILES string of the molecule is C=CCCC(=O)NC[C@@H](OC(=O)[C@H]1[C@@H]2O[C@@]3(CC2Br)[C@@H]1C(=O)N([C@@H](CO)Cc1ccccc1)[C@@H]3C(=O)N(CC=C)c1ccc(N(CC)CC)cc1)c1ccccc1. The van der Waals surface area contributed by atoms with Crippen molar-refractivity contribution < 1.29 is 33.8 Å². The number of benzene rings is 3. The number of carbonyl (C=O) groups excluding carboxylic acids is 4. The van der Waals surface area contributed by atoms with E-state index >= 15 is 9.59 Å². The number of alkyl halides is 1. The Morgan fingerprint density at radius 2 is 1.65 bits per heavy atom. The molecule has 2 bridgehead atoms. The molecule has 6 rings (SSSR count). The van der Waals surface area contributed by atoms with Crippen molar-refractivity contribution in [3.8, 4) is 0 Å². The number of anilines is 2. The van der Waals surface area contributed by atoms with E-state index in [4.69, 9.17) is 9.47 Å². The number of aliphatic hydroxyl groups is 1. The van der Waals surface area contributed by atoms with Gasteiger partial charge in [-0.25, -0.2) is 0 Å². The van der Waals surface area contributed by atoms with Gasteiger partial charge in [-0.1, -0.05) is 88.7 Å².